The number of hydrogen-bond donors (Lipinski definition) is 0. The molecule has 4 rings (SSSR count). The Morgan fingerprint density at radius 3 is 2.39 bits per heavy atom. The van der Waals surface area contributed by atoms with Gasteiger partial charge < -0.3 is 4.90 Å². The van der Waals surface area contributed by atoms with Crippen LogP contribution in [0.1, 0.15) is 54.4 Å². The molecule has 2 saturated carbocycles. The van der Waals surface area contributed by atoms with Crippen LogP contribution in [0.5, 0.6) is 0 Å². The summed E-state index contributed by atoms with van der Waals surface area (Å²) < 4.78 is 1.89. The maximum atomic E-state index is 12.9. The van der Waals surface area contributed by atoms with Gasteiger partial charge in [-0.05, 0) is 49.4 Å². The molecule has 0 aliphatic heterocycles. The molecule has 4 nitrogen and oxygen atoms in total. The van der Waals surface area contributed by atoms with E-state index in [9.17, 15) is 4.79 Å². The maximum Gasteiger partial charge on any atom is 0.254 e. The second kappa shape index (κ2) is 6.19. The van der Waals surface area contributed by atoms with Gasteiger partial charge in [-0.25, -0.2) is 0 Å². The molecule has 0 spiro atoms. The van der Waals surface area contributed by atoms with Crippen molar-refractivity contribution in [3.63, 3.8) is 0 Å². The second-order valence-electron chi connectivity index (χ2n) is 6.78. The largest absolute Gasteiger partial charge is 0.333 e. The molecule has 0 unspecified atom stereocenters. The van der Waals surface area contributed by atoms with Gasteiger partial charge in [-0.1, -0.05) is 25.0 Å². The Bertz CT molecular complexity index is 652. The monoisotopic (exact) mass is 309 g/mol. The molecule has 1 amide bonds. The first-order valence-corrected chi connectivity index (χ1v) is 8.70. The highest BCUT2D eigenvalue weighted by Gasteiger charge is 2.38. The Hall–Kier alpha value is -2.10. The highest BCUT2D eigenvalue weighted by molar-refractivity contribution is 5.95. The van der Waals surface area contributed by atoms with Crippen LogP contribution in [0.25, 0.3) is 0 Å². The summed E-state index contributed by atoms with van der Waals surface area (Å²) in [7, 11) is 0. The molecule has 1 heterocycles. The predicted octanol–water partition coefficient (Wildman–Crippen LogP) is 3.48. The third-order valence-corrected chi connectivity index (χ3v) is 5.00. The summed E-state index contributed by atoms with van der Waals surface area (Å²) in [5, 5.41) is 4.22. The first-order chi connectivity index (χ1) is 11.3. The number of carbonyl (C=O) groups excluding carboxylic acids is 1. The lowest BCUT2D eigenvalue weighted by molar-refractivity contribution is 0.0664. The molecular formula is C19H23N3O. The fraction of sp³-hybridized carbons (Fsp3) is 0.474. The SMILES string of the molecule is O=C(c1ccc(Cn2cccn2)cc1)N(C1CCCC1)C1CC1. The van der Waals surface area contributed by atoms with Crippen molar-refractivity contribution < 1.29 is 4.79 Å². The van der Waals surface area contributed by atoms with Gasteiger partial charge in [-0.2, -0.15) is 5.10 Å². The van der Waals surface area contributed by atoms with E-state index in [1.165, 1.54) is 44.1 Å². The Balaban J connectivity index is 1.48. The lowest BCUT2D eigenvalue weighted by atomic mass is 10.1. The van der Waals surface area contributed by atoms with Crippen molar-refractivity contribution in [2.75, 3.05) is 0 Å². The Labute approximate surface area is 137 Å². The van der Waals surface area contributed by atoms with Crippen molar-refractivity contribution in [1.29, 1.82) is 0 Å². The van der Waals surface area contributed by atoms with Crippen molar-refractivity contribution in [3.8, 4) is 0 Å². The fourth-order valence-electron chi connectivity index (χ4n) is 3.65. The summed E-state index contributed by atoms with van der Waals surface area (Å²) in [5.74, 6) is 0.227. The molecule has 0 atom stereocenters. The van der Waals surface area contributed by atoms with Gasteiger partial charge in [0.25, 0.3) is 5.91 Å². The zero-order valence-corrected chi connectivity index (χ0v) is 13.4. The van der Waals surface area contributed by atoms with Crippen molar-refractivity contribution in [2.24, 2.45) is 0 Å². The van der Waals surface area contributed by atoms with Gasteiger partial charge in [0.15, 0.2) is 0 Å². The van der Waals surface area contributed by atoms with Gasteiger partial charge >= 0.3 is 0 Å². The van der Waals surface area contributed by atoms with E-state index in [1.807, 2.05) is 29.1 Å². The number of benzene rings is 1. The standard InChI is InChI=1S/C19H23N3O/c23-19(22(18-10-11-18)17-4-1-2-5-17)16-8-6-15(7-9-16)14-21-13-3-12-20-21/h3,6-9,12-13,17-18H,1-2,4-5,10-11,14H2. The molecule has 23 heavy (non-hydrogen) atoms. The molecule has 120 valence electrons. The van der Waals surface area contributed by atoms with Crippen LogP contribution in [0, 0.1) is 0 Å². The van der Waals surface area contributed by atoms with Gasteiger partial charge in [0.2, 0.25) is 0 Å². The molecule has 1 aromatic carbocycles. The average molecular weight is 309 g/mol. The smallest absolute Gasteiger partial charge is 0.254 e. The third-order valence-electron chi connectivity index (χ3n) is 5.00. The van der Waals surface area contributed by atoms with Crippen LogP contribution < -0.4 is 0 Å². The highest BCUT2D eigenvalue weighted by atomic mass is 16.2. The number of carbonyl (C=O) groups is 1. The summed E-state index contributed by atoms with van der Waals surface area (Å²) in [5.41, 5.74) is 2.00. The van der Waals surface area contributed by atoms with Crippen molar-refractivity contribution in [1.82, 2.24) is 14.7 Å². The van der Waals surface area contributed by atoms with E-state index in [4.69, 9.17) is 0 Å². The summed E-state index contributed by atoms with van der Waals surface area (Å²) in [6.07, 6.45) is 11.0. The van der Waals surface area contributed by atoms with Crippen LogP contribution in [-0.4, -0.2) is 32.7 Å². The number of nitrogens with zero attached hydrogens (tertiary/aromatic N) is 3. The normalized spacial score (nSPS) is 18.3. The molecule has 4 heteroatoms. The van der Waals surface area contributed by atoms with Gasteiger partial charge in [0.1, 0.15) is 0 Å². The Morgan fingerprint density at radius 2 is 1.78 bits per heavy atom. The van der Waals surface area contributed by atoms with E-state index < -0.39 is 0 Å². The predicted molar refractivity (Wildman–Crippen MR) is 89.2 cm³/mol. The lowest BCUT2D eigenvalue weighted by Crippen LogP contribution is -2.40. The molecule has 0 bridgehead atoms. The van der Waals surface area contributed by atoms with E-state index >= 15 is 0 Å². The minimum atomic E-state index is 0.227. The van der Waals surface area contributed by atoms with Gasteiger partial charge in [-0.15, -0.1) is 0 Å². The third kappa shape index (κ3) is 3.16. The topological polar surface area (TPSA) is 38.1 Å². The van der Waals surface area contributed by atoms with E-state index in [0.717, 1.165) is 12.1 Å². The Morgan fingerprint density at radius 1 is 1.09 bits per heavy atom. The van der Waals surface area contributed by atoms with Gasteiger partial charge in [0, 0.05) is 30.0 Å². The lowest BCUT2D eigenvalue weighted by Gasteiger charge is -2.29. The van der Waals surface area contributed by atoms with Crippen LogP contribution >= 0.6 is 0 Å². The van der Waals surface area contributed by atoms with Crippen LogP contribution in [0.15, 0.2) is 42.7 Å². The van der Waals surface area contributed by atoms with Gasteiger partial charge in [0.05, 0.1) is 6.54 Å². The zero-order chi connectivity index (χ0) is 15.6. The Kier molecular flexibility index (Phi) is 3.90. The first kappa shape index (κ1) is 14.5. The molecular weight excluding hydrogens is 286 g/mol. The molecule has 0 radical (unpaired) electrons. The fourth-order valence-corrected chi connectivity index (χ4v) is 3.65. The molecule has 1 aromatic heterocycles. The number of aromatic nitrogens is 2. The molecule has 2 aliphatic carbocycles. The van der Waals surface area contributed by atoms with E-state index in [1.54, 1.807) is 6.20 Å². The molecule has 2 aromatic rings. The minimum Gasteiger partial charge on any atom is -0.333 e. The highest BCUT2D eigenvalue weighted by Crippen LogP contribution is 2.35. The molecule has 2 aliphatic rings. The van der Waals surface area contributed by atoms with Crippen molar-refractivity contribution in [3.05, 3.63) is 53.9 Å². The summed E-state index contributed by atoms with van der Waals surface area (Å²) >= 11 is 0. The quantitative estimate of drug-likeness (QED) is 0.848. The maximum absolute atomic E-state index is 12.9. The molecule has 0 saturated heterocycles. The van der Waals surface area contributed by atoms with Crippen LogP contribution in [0.2, 0.25) is 0 Å². The van der Waals surface area contributed by atoms with Gasteiger partial charge in [-0.3, -0.25) is 9.48 Å². The molecule has 2 fully saturated rings. The van der Waals surface area contributed by atoms with E-state index in [2.05, 4.69) is 22.1 Å². The minimum absolute atomic E-state index is 0.227. The summed E-state index contributed by atoms with van der Waals surface area (Å²) in [4.78, 5) is 15.1. The zero-order valence-electron chi connectivity index (χ0n) is 13.4. The summed E-state index contributed by atoms with van der Waals surface area (Å²) in [6.45, 7) is 0.746. The van der Waals surface area contributed by atoms with E-state index in [-0.39, 0.29) is 5.91 Å². The van der Waals surface area contributed by atoms with Crippen LogP contribution in [-0.2, 0) is 6.54 Å². The number of amides is 1. The van der Waals surface area contributed by atoms with Crippen LogP contribution in [0.3, 0.4) is 0 Å². The number of hydrogen-bond acceptors (Lipinski definition) is 2. The van der Waals surface area contributed by atoms with E-state index in [0.29, 0.717) is 12.1 Å². The van der Waals surface area contributed by atoms with Crippen molar-refractivity contribution in [2.45, 2.75) is 57.2 Å². The number of rotatable bonds is 5. The second-order valence-corrected chi connectivity index (χ2v) is 6.78. The first-order valence-electron chi connectivity index (χ1n) is 8.70. The average Bonchev–Trinajstić information content (AvgIpc) is 3.02. The van der Waals surface area contributed by atoms with Crippen LogP contribution in [0.4, 0.5) is 0 Å². The van der Waals surface area contributed by atoms with Crippen molar-refractivity contribution >= 4 is 5.91 Å². The molecule has 0 N–H and O–H groups in total. The summed E-state index contributed by atoms with van der Waals surface area (Å²) in [6, 6.07) is 10.9.